The minimum Gasteiger partial charge on any atom is -0.317 e. The van der Waals surface area contributed by atoms with E-state index in [9.17, 15) is 4.79 Å². The third-order valence-electron chi connectivity index (χ3n) is 4.08. The lowest BCUT2D eigenvalue weighted by molar-refractivity contribution is -0.134. The van der Waals surface area contributed by atoms with Crippen molar-refractivity contribution in [1.82, 2.24) is 10.2 Å². The van der Waals surface area contributed by atoms with Crippen molar-refractivity contribution in [3.63, 3.8) is 0 Å². The molecule has 0 bridgehead atoms. The van der Waals surface area contributed by atoms with E-state index >= 15 is 0 Å². The quantitative estimate of drug-likeness (QED) is 0.920. The van der Waals surface area contributed by atoms with Gasteiger partial charge < -0.3 is 4.90 Å². The molecule has 4 heteroatoms. The molecule has 1 aliphatic rings. The van der Waals surface area contributed by atoms with Crippen LogP contribution in [-0.4, -0.2) is 22.9 Å². The van der Waals surface area contributed by atoms with Gasteiger partial charge in [0.1, 0.15) is 6.17 Å². The van der Waals surface area contributed by atoms with Crippen molar-refractivity contribution in [1.29, 1.82) is 0 Å². The van der Waals surface area contributed by atoms with Crippen molar-refractivity contribution >= 4 is 17.2 Å². The summed E-state index contributed by atoms with van der Waals surface area (Å²) in [5.74, 6) is 0.239. The normalized spacial score (nSPS) is 25.9. The van der Waals surface area contributed by atoms with Crippen LogP contribution in [0.3, 0.4) is 0 Å². The minimum atomic E-state index is -0.0445. The molecule has 1 aliphatic heterocycles. The van der Waals surface area contributed by atoms with Crippen molar-refractivity contribution in [2.75, 3.05) is 0 Å². The highest BCUT2D eigenvalue weighted by atomic mass is 32.1. The summed E-state index contributed by atoms with van der Waals surface area (Å²) >= 11 is 1.71. The van der Waals surface area contributed by atoms with Gasteiger partial charge in [-0.25, -0.2) is 0 Å². The van der Waals surface area contributed by atoms with E-state index in [0.717, 1.165) is 6.42 Å². The molecule has 1 saturated heterocycles. The monoisotopic (exact) mass is 280 g/mol. The molecule has 1 fully saturated rings. The molecule has 0 saturated carbocycles. The van der Waals surface area contributed by atoms with E-state index in [4.69, 9.17) is 0 Å². The molecule has 1 amide bonds. The summed E-state index contributed by atoms with van der Waals surface area (Å²) in [6.45, 7) is 10.8. The lowest BCUT2D eigenvalue weighted by Gasteiger charge is -2.38. The van der Waals surface area contributed by atoms with Gasteiger partial charge in [-0.15, -0.1) is 11.3 Å². The third-order valence-corrected chi connectivity index (χ3v) is 5.01. The van der Waals surface area contributed by atoms with Crippen molar-refractivity contribution < 1.29 is 4.79 Å². The molecule has 0 aromatic carbocycles. The van der Waals surface area contributed by atoms with Gasteiger partial charge in [0.15, 0.2) is 0 Å². The summed E-state index contributed by atoms with van der Waals surface area (Å²) in [6, 6.07) is 4.31. The number of hydrogen-bond acceptors (Lipinski definition) is 3. The lowest BCUT2D eigenvalue weighted by atomic mass is 9.86. The summed E-state index contributed by atoms with van der Waals surface area (Å²) in [6.07, 6.45) is 0.875. The molecule has 3 unspecified atom stereocenters. The molecule has 0 aliphatic carbocycles. The Hall–Kier alpha value is -0.870. The van der Waals surface area contributed by atoms with E-state index in [2.05, 4.69) is 51.4 Å². The molecule has 3 atom stereocenters. The van der Waals surface area contributed by atoms with Crippen LogP contribution in [0.5, 0.6) is 0 Å². The highest BCUT2D eigenvalue weighted by Gasteiger charge is 2.44. The number of hydrogen-bond donors (Lipinski definition) is 1. The summed E-state index contributed by atoms with van der Waals surface area (Å²) in [4.78, 5) is 15.9. The van der Waals surface area contributed by atoms with E-state index < -0.39 is 0 Å². The van der Waals surface area contributed by atoms with Crippen LogP contribution in [-0.2, 0) is 4.79 Å². The summed E-state index contributed by atoms with van der Waals surface area (Å²) in [5, 5.41) is 5.55. The SMILES string of the molecule is CCC1NC(c2cccs2)N(C(C)C(C)(C)C)C1=O. The van der Waals surface area contributed by atoms with Crippen molar-refractivity contribution in [3.05, 3.63) is 22.4 Å². The Morgan fingerprint density at radius 2 is 2.16 bits per heavy atom. The number of nitrogens with one attached hydrogen (secondary N) is 1. The van der Waals surface area contributed by atoms with Gasteiger partial charge in [-0.2, -0.15) is 0 Å². The number of thiophene rings is 1. The second-order valence-electron chi connectivity index (χ2n) is 6.33. The smallest absolute Gasteiger partial charge is 0.241 e. The largest absolute Gasteiger partial charge is 0.317 e. The minimum absolute atomic E-state index is 0.0340. The number of nitrogens with zero attached hydrogens (tertiary/aromatic N) is 1. The molecule has 2 heterocycles. The average Bonchev–Trinajstić information content (AvgIpc) is 2.93. The van der Waals surface area contributed by atoms with E-state index in [0.29, 0.717) is 0 Å². The highest BCUT2D eigenvalue weighted by molar-refractivity contribution is 7.10. The van der Waals surface area contributed by atoms with Gasteiger partial charge in [0, 0.05) is 10.9 Å². The van der Waals surface area contributed by atoms with Gasteiger partial charge in [-0.05, 0) is 30.2 Å². The zero-order chi connectivity index (χ0) is 14.2. The fourth-order valence-electron chi connectivity index (χ4n) is 2.44. The molecule has 0 spiro atoms. The van der Waals surface area contributed by atoms with Gasteiger partial charge in [0.05, 0.1) is 6.04 Å². The summed E-state index contributed by atoms with van der Waals surface area (Å²) in [5.41, 5.74) is 0.0789. The fourth-order valence-corrected chi connectivity index (χ4v) is 3.22. The first-order chi connectivity index (χ1) is 8.86. The Labute approximate surface area is 120 Å². The average molecular weight is 280 g/mol. The zero-order valence-corrected chi connectivity index (χ0v) is 13.3. The third kappa shape index (κ3) is 2.70. The maximum atomic E-state index is 12.6. The van der Waals surface area contributed by atoms with Crippen LogP contribution >= 0.6 is 11.3 Å². The Bertz CT molecular complexity index is 435. The number of rotatable bonds is 3. The summed E-state index contributed by atoms with van der Waals surface area (Å²) < 4.78 is 0. The molecule has 19 heavy (non-hydrogen) atoms. The van der Waals surface area contributed by atoms with Crippen LogP contribution < -0.4 is 5.32 Å². The Morgan fingerprint density at radius 3 is 2.63 bits per heavy atom. The van der Waals surface area contributed by atoms with E-state index in [1.807, 2.05) is 11.0 Å². The van der Waals surface area contributed by atoms with Crippen LogP contribution in [0.15, 0.2) is 17.5 Å². The molecule has 0 radical (unpaired) electrons. The van der Waals surface area contributed by atoms with E-state index in [-0.39, 0.29) is 29.6 Å². The first-order valence-corrected chi connectivity index (χ1v) is 7.86. The number of carbonyl (C=O) groups excluding carboxylic acids is 1. The lowest BCUT2D eigenvalue weighted by Crippen LogP contribution is -2.45. The van der Waals surface area contributed by atoms with Crippen molar-refractivity contribution in [2.45, 2.75) is 59.3 Å². The maximum Gasteiger partial charge on any atom is 0.241 e. The van der Waals surface area contributed by atoms with E-state index in [1.54, 1.807) is 11.3 Å². The Kier molecular flexibility index (Phi) is 4.02. The maximum absolute atomic E-state index is 12.6. The van der Waals surface area contributed by atoms with Crippen LogP contribution in [0.25, 0.3) is 0 Å². The van der Waals surface area contributed by atoms with Crippen LogP contribution in [0.4, 0.5) is 0 Å². The second kappa shape index (κ2) is 5.25. The van der Waals surface area contributed by atoms with Gasteiger partial charge in [-0.1, -0.05) is 33.8 Å². The Morgan fingerprint density at radius 1 is 1.47 bits per heavy atom. The van der Waals surface area contributed by atoms with Crippen molar-refractivity contribution in [3.8, 4) is 0 Å². The predicted octanol–water partition coefficient (Wildman–Crippen LogP) is 3.39. The number of carbonyl (C=O) groups is 1. The first-order valence-electron chi connectivity index (χ1n) is 6.98. The van der Waals surface area contributed by atoms with Crippen LogP contribution in [0.2, 0.25) is 0 Å². The molecule has 3 nitrogen and oxygen atoms in total. The van der Waals surface area contributed by atoms with Gasteiger partial charge in [-0.3, -0.25) is 10.1 Å². The molecule has 1 N–H and O–H groups in total. The molecule has 2 rings (SSSR count). The van der Waals surface area contributed by atoms with Crippen LogP contribution in [0.1, 0.15) is 52.1 Å². The highest BCUT2D eigenvalue weighted by Crippen LogP contribution is 2.36. The van der Waals surface area contributed by atoms with Crippen LogP contribution in [0, 0.1) is 5.41 Å². The topological polar surface area (TPSA) is 32.3 Å². The molecular formula is C15H24N2OS. The van der Waals surface area contributed by atoms with Gasteiger partial charge in [0.2, 0.25) is 5.91 Å². The van der Waals surface area contributed by atoms with Crippen molar-refractivity contribution in [2.24, 2.45) is 5.41 Å². The molecule has 106 valence electrons. The second-order valence-corrected chi connectivity index (χ2v) is 7.31. The molecule has 1 aromatic heterocycles. The van der Waals surface area contributed by atoms with Gasteiger partial charge in [0.25, 0.3) is 0 Å². The standard InChI is InChI=1S/C15H24N2OS/c1-6-11-14(18)17(10(2)15(3,4)5)13(16-11)12-8-7-9-19-12/h7-11,13,16H,6H2,1-5H3. The first kappa shape index (κ1) is 14.5. The zero-order valence-electron chi connectivity index (χ0n) is 12.4. The Balaban J connectivity index is 2.33. The summed E-state index contributed by atoms with van der Waals surface area (Å²) in [7, 11) is 0. The van der Waals surface area contributed by atoms with E-state index in [1.165, 1.54) is 4.88 Å². The molecular weight excluding hydrogens is 256 g/mol. The number of amides is 1. The predicted molar refractivity (Wildman–Crippen MR) is 80.0 cm³/mol. The van der Waals surface area contributed by atoms with Gasteiger partial charge >= 0.3 is 0 Å². The molecule has 1 aromatic rings. The fraction of sp³-hybridized carbons (Fsp3) is 0.667.